The first kappa shape index (κ1) is 14.5. The second kappa shape index (κ2) is 5.85. The van der Waals surface area contributed by atoms with E-state index in [0.717, 1.165) is 24.7 Å². The van der Waals surface area contributed by atoms with Crippen LogP contribution in [0.2, 0.25) is 0 Å². The standard InChI is InChI=1S/C19H22N2O2/c1-2-23-19(22)18-17-8-5-11-21(17)16-7-4-3-6-15(16)13-20(18)12-14-9-10-14/h3-8,11,14,18H,2,9-10,12-13H2,1H3. The molecule has 2 heterocycles. The predicted octanol–water partition coefficient (Wildman–Crippen LogP) is 3.31. The molecule has 0 saturated heterocycles. The second-order valence-electron chi connectivity index (χ2n) is 6.46. The van der Waals surface area contributed by atoms with Crippen molar-refractivity contribution in [2.24, 2.45) is 5.92 Å². The highest BCUT2D eigenvalue weighted by molar-refractivity contribution is 5.78. The van der Waals surface area contributed by atoms with Gasteiger partial charge in [-0.3, -0.25) is 4.90 Å². The number of esters is 1. The number of carbonyl (C=O) groups excluding carboxylic acids is 1. The van der Waals surface area contributed by atoms with Gasteiger partial charge in [0.15, 0.2) is 0 Å². The van der Waals surface area contributed by atoms with Crippen LogP contribution in [0.3, 0.4) is 0 Å². The highest BCUT2D eigenvalue weighted by Crippen LogP contribution is 2.37. The largest absolute Gasteiger partial charge is 0.465 e. The summed E-state index contributed by atoms with van der Waals surface area (Å²) in [6.45, 7) is 4.04. The van der Waals surface area contributed by atoms with Gasteiger partial charge in [0.05, 0.1) is 12.3 Å². The molecule has 1 aromatic heterocycles. The molecule has 0 amide bonds. The van der Waals surface area contributed by atoms with Crippen molar-refractivity contribution in [1.82, 2.24) is 9.47 Å². The molecule has 23 heavy (non-hydrogen) atoms. The van der Waals surface area contributed by atoms with Gasteiger partial charge in [-0.05, 0) is 49.4 Å². The summed E-state index contributed by atoms with van der Waals surface area (Å²) in [5.74, 6) is 0.585. The summed E-state index contributed by atoms with van der Waals surface area (Å²) < 4.78 is 7.54. The SMILES string of the molecule is CCOC(=O)C1c2cccn2-c2ccccc2CN1CC1CC1. The van der Waals surface area contributed by atoms with E-state index in [4.69, 9.17) is 4.74 Å². The molecule has 4 rings (SSSR count). The summed E-state index contributed by atoms with van der Waals surface area (Å²) in [4.78, 5) is 15.0. The molecule has 1 aromatic carbocycles. The second-order valence-corrected chi connectivity index (χ2v) is 6.46. The lowest BCUT2D eigenvalue weighted by molar-refractivity contribution is -0.150. The van der Waals surface area contributed by atoms with Crippen LogP contribution in [0, 0.1) is 5.92 Å². The summed E-state index contributed by atoms with van der Waals surface area (Å²) in [7, 11) is 0. The van der Waals surface area contributed by atoms with Crippen molar-refractivity contribution in [1.29, 1.82) is 0 Å². The number of hydrogen-bond donors (Lipinski definition) is 0. The van der Waals surface area contributed by atoms with Crippen molar-refractivity contribution >= 4 is 5.97 Å². The third-order valence-corrected chi connectivity index (χ3v) is 4.75. The van der Waals surface area contributed by atoms with Crippen LogP contribution in [0.5, 0.6) is 0 Å². The van der Waals surface area contributed by atoms with E-state index < -0.39 is 0 Å². The minimum absolute atomic E-state index is 0.138. The number of rotatable bonds is 4. The number of ether oxygens (including phenoxy) is 1. The first-order valence-corrected chi connectivity index (χ1v) is 8.44. The summed E-state index contributed by atoms with van der Waals surface area (Å²) >= 11 is 0. The van der Waals surface area contributed by atoms with E-state index in [1.165, 1.54) is 24.1 Å². The Hall–Kier alpha value is -2.07. The number of hydrogen-bond acceptors (Lipinski definition) is 3. The summed E-state index contributed by atoms with van der Waals surface area (Å²) in [6.07, 6.45) is 4.59. The molecule has 1 aliphatic heterocycles. The van der Waals surface area contributed by atoms with Crippen LogP contribution in [0.1, 0.15) is 37.1 Å². The Labute approximate surface area is 136 Å². The van der Waals surface area contributed by atoms with Gasteiger partial charge >= 0.3 is 5.97 Å². The number of benzene rings is 1. The highest BCUT2D eigenvalue weighted by Gasteiger charge is 2.37. The van der Waals surface area contributed by atoms with Crippen molar-refractivity contribution < 1.29 is 9.53 Å². The van der Waals surface area contributed by atoms with Gasteiger partial charge in [0.25, 0.3) is 0 Å². The van der Waals surface area contributed by atoms with Crippen LogP contribution in [0.25, 0.3) is 5.69 Å². The van der Waals surface area contributed by atoms with E-state index in [9.17, 15) is 4.79 Å². The van der Waals surface area contributed by atoms with Gasteiger partial charge in [0.1, 0.15) is 6.04 Å². The molecule has 0 spiro atoms. The van der Waals surface area contributed by atoms with Crippen molar-refractivity contribution in [2.75, 3.05) is 13.2 Å². The molecule has 120 valence electrons. The van der Waals surface area contributed by atoms with Crippen LogP contribution < -0.4 is 0 Å². The van der Waals surface area contributed by atoms with Crippen molar-refractivity contribution in [2.45, 2.75) is 32.4 Å². The van der Waals surface area contributed by atoms with E-state index in [1.807, 2.05) is 25.3 Å². The number of para-hydroxylation sites is 1. The smallest absolute Gasteiger partial charge is 0.329 e. The van der Waals surface area contributed by atoms with Gasteiger partial charge in [0, 0.05) is 25.0 Å². The van der Waals surface area contributed by atoms with Gasteiger partial charge < -0.3 is 9.30 Å². The van der Waals surface area contributed by atoms with E-state index in [2.05, 4.69) is 33.7 Å². The summed E-state index contributed by atoms with van der Waals surface area (Å²) in [5.41, 5.74) is 3.44. The normalized spacial score (nSPS) is 20.5. The minimum Gasteiger partial charge on any atom is -0.465 e. The zero-order valence-electron chi connectivity index (χ0n) is 13.4. The maximum atomic E-state index is 12.7. The third-order valence-electron chi connectivity index (χ3n) is 4.75. The fourth-order valence-corrected chi connectivity index (χ4v) is 3.51. The minimum atomic E-state index is -0.321. The Morgan fingerprint density at radius 2 is 2.04 bits per heavy atom. The molecule has 0 N–H and O–H groups in total. The molecule has 2 aromatic rings. The number of nitrogens with zero attached hydrogens (tertiary/aromatic N) is 2. The Bertz CT molecular complexity index is 718. The predicted molar refractivity (Wildman–Crippen MR) is 88.3 cm³/mol. The van der Waals surface area contributed by atoms with Crippen LogP contribution in [-0.2, 0) is 16.1 Å². The van der Waals surface area contributed by atoms with E-state index in [1.54, 1.807) is 0 Å². The van der Waals surface area contributed by atoms with Crippen molar-refractivity contribution in [3.8, 4) is 5.69 Å². The molecule has 0 radical (unpaired) electrons. The molecular weight excluding hydrogens is 288 g/mol. The molecule has 0 bridgehead atoms. The van der Waals surface area contributed by atoms with Crippen LogP contribution >= 0.6 is 0 Å². The Morgan fingerprint density at radius 1 is 1.22 bits per heavy atom. The topological polar surface area (TPSA) is 34.5 Å². The van der Waals surface area contributed by atoms with E-state index >= 15 is 0 Å². The first-order chi connectivity index (χ1) is 11.3. The molecule has 1 saturated carbocycles. The van der Waals surface area contributed by atoms with Gasteiger partial charge in [-0.15, -0.1) is 0 Å². The average molecular weight is 310 g/mol. The molecule has 4 nitrogen and oxygen atoms in total. The molecule has 1 atom stereocenters. The van der Waals surface area contributed by atoms with Gasteiger partial charge in [-0.1, -0.05) is 18.2 Å². The Kier molecular flexibility index (Phi) is 3.69. The lowest BCUT2D eigenvalue weighted by Gasteiger charge is -2.28. The lowest BCUT2D eigenvalue weighted by atomic mass is 10.1. The lowest BCUT2D eigenvalue weighted by Crippen LogP contribution is -2.36. The Morgan fingerprint density at radius 3 is 2.83 bits per heavy atom. The summed E-state index contributed by atoms with van der Waals surface area (Å²) in [5, 5.41) is 0. The first-order valence-electron chi connectivity index (χ1n) is 8.44. The summed E-state index contributed by atoms with van der Waals surface area (Å²) in [6, 6.07) is 12.1. The number of fused-ring (bicyclic) bond motifs is 3. The molecule has 1 aliphatic carbocycles. The zero-order chi connectivity index (χ0) is 15.8. The van der Waals surface area contributed by atoms with Crippen molar-refractivity contribution in [3.63, 3.8) is 0 Å². The number of carbonyl (C=O) groups is 1. The fraction of sp³-hybridized carbons (Fsp3) is 0.421. The molecule has 4 heteroatoms. The van der Waals surface area contributed by atoms with Crippen LogP contribution in [-0.4, -0.2) is 28.6 Å². The van der Waals surface area contributed by atoms with Crippen LogP contribution in [0.4, 0.5) is 0 Å². The van der Waals surface area contributed by atoms with E-state index in [-0.39, 0.29) is 12.0 Å². The average Bonchev–Trinajstić information content (AvgIpc) is 3.26. The maximum Gasteiger partial charge on any atom is 0.329 e. The van der Waals surface area contributed by atoms with Crippen molar-refractivity contribution in [3.05, 3.63) is 53.9 Å². The molecule has 2 aliphatic rings. The molecular formula is C19H22N2O2. The third kappa shape index (κ3) is 2.68. The van der Waals surface area contributed by atoms with E-state index in [0.29, 0.717) is 6.61 Å². The maximum absolute atomic E-state index is 12.7. The molecule has 1 fully saturated rings. The molecule has 1 unspecified atom stereocenters. The number of aromatic nitrogens is 1. The monoisotopic (exact) mass is 310 g/mol. The fourth-order valence-electron chi connectivity index (χ4n) is 3.51. The zero-order valence-corrected chi connectivity index (χ0v) is 13.4. The van der Waals surface area contributed by atoms with Gasteiger partial charge in [-0.25, -0.2) is 4.79 Å². The van der Waals surface area contributed by atoms with Crippen LogP contribution in [0.15, 0.2) is 42.6 Å². The highest BCUT2D eigenvalue weighted by atomic mass is 16.5. The van der Waals surface area contributed by atoms with Gasteiger partial charge in [0.2, 0.25) is 0 Å². The van der Waals surface area contributed by atoms with Gasteiger partial charge in [-0.2, -0.15) is 0 Å². The quantitative estimate of drug-likeness (QED) is 0.813. The Balaban J connectivity index is 1.81.